The summed E-state index contributed by atoms with van der Waals surface area (Å²) in [5.74, 6) is 0. The highest BCUT2D eigenvalue weighted by Crippen LogP contribution is 2.17. The molecule has 0 fully saturated rings. The highest BCUT2D eigenvalue weighted by atomic mass is 14.8. The van der Waals surface area contributed by atoms with Gasteiger partial charge in [-0.2, -0.15) is 0 Å². The number of aryl methyl sites for hydroxylation is 1. The Morgan fingerprint density at radius 3 is 2.86 bits per heavy atom. The molecule has 70 valence electrons. The smallest absolute Gasteiger partial charge is 0.0681 e. The van der Waals surface area contributed by atoms with E-state index >= 15 is 0 Å². The predicted octanol–water partition coefficient (Wildman–Crippen LogP) is 2.41. The minimum absolute atomic E-state index is 0.720. The minimum Gasteiger partial charge on any atom is -0.281 e. The lowest BCUT2D eigenvalue weighted by Gasteiger charge is -1.99. The Balaban J connectivity index is 2.27. The van der Waals surface area contributed by atoms with E-state index in [1.54, 1.807) is 6.08 Å². The maximum absolute atomic E-state index is 4.35. The summed E-state index contributed by atoms with van der Waals surface area (Å²) >= 11 is 0. The SMILES string of the molecule is C=CC1=NCC(c2ccc(C)cn2)=C1. The molecule has 2 heteroatoms. The van der Waals surface area contributed by atoms with Gasteiger partial charge in [0.25, 0.3) is 0 Å². The molecule has 0 saturated heterocycles. The minimum atomic E-state index is 0.720. The number of allylic oxidation sites excluding steroid dienone is 2. The molecule has 1 aromatic heterocycles. The van der Waals surface area contributed by atoms with Crippen LogP contribution in [0.2, 0.25) is 0 Å². The lowest BCUT2D eigenvalue weighted by Crippen LogP contribution is -1.90. The molecule has 1 aromatic rings. The third-order valence-electron chi connectivity index (χ3n) is 2.20. The van der Waals surface area contributed by atoms with Gasteiger partial charge >= 0.3 is 0 Å². The number of nitrogens with zero attached hydrogens (tertiary/aromatic N) is 2. The molecule has 2 nitrogen and oxygen atoms in total. The first-order chi connectivity index (χ1) is 6.79. The Kier molecular flexibility index (Phi) is 2.27. The van der Waals surface area contributed by atoms with E-state index in [0.717, 1.165) is 18.0 Å². The van der Waals surface area contributed by atoms with Gasteiger partial charge in [0.05, 0.1) is 18.0 Å². The third kappa shape index (κ3) is 1.64. The van der Waals surface area contributed by atoms with Crippen LogP contribution >= 0.6 is 0 Å². The van der Waals surface area contributed by atoms with Gasteiger partial charge in [-0.1, -0.05) is 12.6 Å². The molecular weight excluding hydrogens is 172 g/mol. The van der Waals surface area contributed by atoms with Gasteiger partial charge in [0, 0.05) is 11.8 Å². The number of hydrogen-bond donors (Lipinski definition) is 0. The van der Waals surface area contributed by atoms with Gasteiger partial charge in [-0.25, -0.2) is 0 Å². The van der Waals surface area contributed by atoms with Crippen molar-refractivity contribution in [3.63, 3.8) is 0 Å². The van der Waals surface area contributed by atoms with Crippen LogP contribution in [-0.4, -0.2) is 17.2 Å². The molecule has 1 aliphatic rings. The van der Waals surface area contributed by atoms with Crippen LogP contribution in [0.5, 0.6) is 0 Å². The predicted molar refractivity (Wildman–Crippen MR) is 59.5 cm³/mol. The van der Waals surface area contributed by atoms with Gasteiger partial charge in [0.1, 0.15) is 0 Å². The Morgan fingerprint density at radius 2 is 2.29 bits per heavy atom. The Morgan fingerprint density at radius 1 is 1.43 bits per heavy atom. The van der Waals surface area contributed by atoms with Crippen LogP contribution in [0.15, 0.2) is 42.1 Å². The fraction of sp³-hybridized carbons (Fsp3) is 0.167. The quantitative estimate of drug-likeness (QED) is 0.693. The number of rotatable bonds is 2. The topological polar surface area (TPSA) is 25.2 Å². The molecule has 2 heterocycles. The Labute approximate surface area is 83.7 Å². The van der Waals surface area contributed by atoms with Crippen molar-refractivity contribution in [3.05, 3.63) is 48.3 Å². The van der Waals surface area contributed by atoms with Gasteiger partial charge in [-0.15, -0.1) is 0 Å². The molecule has 2 rings (SSSR count). The first-order valence-electron chi connectivity index (χ1n) is 4.60. The van der Waals surface area contributed by atoms with Gasteiger partial charge in [-0.05, 0) is 30.7 Å². The molecule has 0 saturated carbocycles. The van der Waals surface area contributed by atoms with Gasteiger partial charge < -0.3 is 0 Å². The van der Waals surface area contributed by atoms with Crippen molar-refractivity contribution in [2.75, 3.05) is 6.54 Å². The Bertz CT molecular complexity index is 410. The van der Waals surface area contributed by atoms with E-state index in [2.05, 4.69) is 22.6 Å². The van der Waals surface area contributed by atoms with Gasteiger partial charge in [0.2, 0.25) is 0 Å². The summed E-state index contributed by atoms with van der Waals surface area (Å²) in [7, 11) is 0. The molecular formula is C12H12N2. The summed E-state index contributed by atoms with van der Waals surface area (Å²) in [6.07, 6.45) is 5.67. The standard InChI is InChI=1S/C12H12N2/c1-3-11-6-10(8-13-11)12-5-4-9(2)7-14-12/h3-7H,1,8H2,2H3. The fourth-order valence-corrected chi connectivity index (χ4v) is 1.38. The molecule has 0 amide bonds. The van der Waals surface area contributed by atoms with Crippen molar-refractivity contribution >= 4 is 11.3 Å². The normalized spacial score (nSPS) is 14.9. The maximum Gasteiger partial charge on any atom is 0.0681 e. The molecule has 0 radical (unpaired) electrons. The van der Waals surface area contributed by atoms with Crippen LogP contribution in [-0.2, 0) is 0 Å². The van der Waals surface area contributed by atoms with Crippen molar-refractivity contribution in [2.45, 2.75) is 6.92 Å². The lowest BCUT2D eigenvalue weighted by atomic mass is 10.1. The number of pyridine rings is 1. The molecule has 14 heavy (non-hydrogen) atoms. The van der Waals surface area contributed by atoms with E-state index in [9.17, 15) is 0 Å². The number of aromatic nitrogens is 1. The van der Waals surface area contributed by atoms with E-state index in [-0.39, 0.29) is 0 Å². The highest BCUT2D eigenvalue weighted by molar-refractivity contribution is 6.10. The number of aliphatic imine (C=N–C) groups is 1. The fourth-order valence-electron chi connectivity index (χ4n) is 1.38. The average molecular weight is 184 g/mol. The van der Waals surface area contributed by atoms with E-state index in [1.165, 1.54) is 11.1 Å². The molecule has 0 aromatic carbocycles. The summed E-state index contributed by atoms with van der Waals surface area (Å²) in [6.45, 7) is 6.44. The molecule has 0 spiro atoms. The van der Waals surface area contributed by atoms with Crippen molar-refractivity contribution in [1.82, 2.24) is 4.98 Å². The second-order valence-corrected chi connectivity index (χ2v) is 3.34. The maximum atomic E-state index is 4.35. The zero-order chi connectivity index (χ0) is 9.97. The molecule has 1 aliphatic heterocycles. The van der Waals surface area contributed by atoms with Crippen LogP contribution in [0.25, 0.3) is 5.57 Å². The Hall–Kier alpha value is -1.70. The van der Waals surface area contributed by atoms with Gasteiger partial charge in [0.15, 0.2) is 0 Å². The summed E-state index contributed by atoms with van der Waals surface area (Å²) in [6, 6.07) is 4.10. The van der Waals surface area contributed by atoms with Crippen LogP contribution in [0, 0.1) is 6.92 Å². The van der Waals surface area contributed by atoms with Crippen molar-refractivity contribution in [1.29, 1.82) is 0 Å². The summed E-state index contributed by atoms with van der Waals surface area (Å²) in [5.41, 5.74) is 4.30. The van der Waals surface area contributed by atoms with E-state index < -0.39 is 0 Å². The lowest BCUT2D eigenvalue weighted by molar-refractivity contribution is 1.19. The van der Waals surface area contributed by atoms with Crippen LogP contribution in [0.1, 0.15) is 11.3 Å². The van der Waals surface area contributed by atoms with E-state index in [4.69, 9.17) is 0 Å². The van der Waals surface area contributed by atoms with E-state index in [0.29, 0.717) is 0 Å². The highest BCUT2D eigenvalue weighted by Gasteiger charge is 2.08. The first kappa shape index (κ1) is 8.88. The molecule has 0 aliphatic carbocycles. The monoisotopic (exact) mass is 184 g/mol. The van der Waals surface area contributed by atoms with Crippen molar-refractivity contribution in [2.24, 2.45) is 4.99 Å². The van der Waals surface area contributed by atoms with Crippen LogP contribution in [0.4, 0.5) is 0 Å². The van der Waals surface area contributed by atoms with Gasteiger partial charge in [-0.3, -0.25) is 9.98 Å². The third-order valence-corrected chi connectivity index (χ3v) is 2.20. The first-order valence-corrected chi connectivity index (χ1v) is 4.60. The zero-order valence-corrected chi connectivity index (χ0v) is 8.20. The second kappa shape index (κ2) is 3.58. The molecule has 0 atom stereocenters. The molecule has 0 bridgehead atoms. The van der Waals surface area contributed by atoms with Crippen LogP contribution in [0.3, 0.4) is 0 Å². The largest absolute Gasteiger partial charge is 0.281 e. The summed E-state index contributed by atoms with van der Waals surface area (Å²) in [4.78, 5) is 8.65. The second-order valence-electron chi connectivity index (χ2n) is 3.34. The number of hydrogen-bond acceptors (Lipinski definition) is 2. The molecule has 0 N–H and O–H groups in total. The van der Waals surface area contributed by atoms with Crippen molar-refractivity contribution < 1.29 is 0 Å². The molecule has 0 unspecified atom stereocenters. The van der Waals surface area contributed by atoms with Crippen LogP contribution < -0.4 is 0 Å². The summed E-state index contributed by atoms with van der Waals surface area (Å²) < 4.78 is 0. The summed E-state index contributed by atoms with van der Waals surface area (Å²) in [5, 5.41) is 0. The van der Waals surface area contributed by atoms with Crippen molar-refractivity contribution in [3.8, 4) is 0 Å². The average Bonchev–Trinajstić information content (AvgIpc) is 2.67. The zero-order valence-electron chi connectivity index (χ0n) is 8.20. The van der Waals surface area contributed by atoms with E-state index in [1.807, 2.05) is 25.3 Å².